The van der Waals surface area contributed by atoms with Crippen molar-refractivity contribution < 1.29 is 14.7 Å². The first-order chi connectivity index (χ1) is 9.86. The summed E-state index contributed by atoms with van der Waals surface area (Å²) in [6.07, 6.45) is 3.97. The molecule has 1 aliphatic rings. The molecule has 1 fully saturated rings. The van der Waals surface area contributed by atoms with Crippen LogP contribution >= 0.6 is 23.2 Å². The van der Waals surface area contributed by atoms with Gasteiger partial charge < -0.3 is 10.0 Å². The number of carbonyl (C=O) groups excluding carboxylic acids is 1. The van der Waals surface area contributed by atoms with Gasteiger partial charge in [-0.15, -0.1) is 0 Å². The highest BCUT2D eigenvalue weighted by Crippen LogP contribution is 2.30. The van der Waals surface area contributed by atoms with Crippen LogP contribution in [0.3, 0.4) is 0 Å². The molecule has 4 nitrogen and oxygen atoms in total. The summed E-state index contributed by atoms with van der Waals surface area (Å²) in [5, 5.41) is 10.2. The molecule has 1 aliphatic heterocycles. The summed E-state index contributed by atoms with van der Waals surface area (Å²) >= 11 is 12.0. The van der Waals surface area contributed by atoms with E-state index < -0.39 is 11.5 Å². The average molecular weight is 328 g/mol. The van der Waals surface area contributed by atoms with Gasteiger partial charge in [-0.05, 0) is 38.0 Å². The van der Waals surface area contributed by atoms with Crippen molar-refractivity contribution >= 4 is 41.2 Å². The van der Waals surface area contributed by atoms with Gasteiger partial charge in [-0.25, -0.2) is 4.79 Å². The Labute approximate surface area is 133 Å². The van der Waals surface area contributed by atoms with E-state index in [4.69, 9.17) is 23.2 Å². The maximum Gasteiger partial charge on any atom is 0.329 e. The number of hydrogen-bond acceptors (Lipinski definition) is 2. The van der Waals surface area contributed by atoms with Crippen LogP contribution in [0.4, 0.5) is 0 Å². The minimum absolute atomic E-state index is 0.353. The number of carboxylic acid groups (broad SMARTS) is 1. The molecule has 1 aromatic carbocycles. The summed E-state index contributed by atoms with van der Waals surface area (Å²) in [5.41, 5.74) is -0.600. The fraction of sp³-hybridized carbons (Fsp3) is 0.333. The Hall–Kier alpha value is -1.52. The molecule has 0 radical (unpaired) electrons. The zero-order chi connectivity index (χ0) is 15.6. The molecule has 1 amide bonds. The van der Waals surface area contributed by atoms with Crippen LogP contribution in [0.15, 0.2) is 24.3 Å². The summed E-state index contributed by atoms with van der Waals surface area (Å²) < 4.78 is 0. The number of carbonyl (C=O) groups is 2. The average Bonchev–Trinajstić information content (AvgIpc) is 2.81. The Bertz CT molecular complexity index is 595. The van der Waals surface area contributed by atoms with E-state index in [2.05, 4.69) is 0 Å². The van der Waals surface area contributed by atoms with E-state index in [9.17, 15) is 14.7 Å². The van der Waals surface area contributed by atoms with Gasteiger partial charge in [0.05, 0.1) is 0 Å². The minimum atomic E-state index is -1.15. The van der Waals surface area contributed by atoms with E-state index in [-0.39, 0.29) is 5.91 Å². The second-order valence-electron chi connectivity index (χ2n) is 5.14. The van der Waals surface area contributed by atoms with Crippen molar-refractivity contribution in [2.75, 3.05) is 6.54 Å². The molecule has 1 N–H and O–H groups in total. The Morgan fingerprint density at radius 3 is 2.52 bits per heavy atom. The van der Waals surface area contributed by atoms with Gasteiger partial charge >= 0.3 is 5.97 Å². The predicted molar refractivity (Wildman–Crippen MR) is 82.5 cm³/mol. The second-order valence-corrected chi connectivity index (χ2v) is 5.96. The van der Waals surface area contributed by atoms with Gasteiger partial charge in [0.1, 0.15) is 5.54 Å². The lowest BCUT2D eigenvalue weighted by molar-refractivity contribution is -0.153. The van der Waals surface area contributed by atoms with Gasteiger partial charge in [-0.2, -0.15) is 0 Å². The third kappa shape index (κ3) is 3.06. The van der Waals surface area contributed by atoms with Gasteiger partial charge in [0.25, 0.3) is 0 Å². The van der Waals surface area contributed by atoms with E-state index in [1.165, 1.54) is 17.1 Å². The van der Waals surface area contributed by atoms with Crippen molar-refractivity contribution in [2.45, 2.75) is 25.3 Å². The highest BCUT2D eigenvalue weighted by molar-refractivity contribution is 6.37. The van der Waals surface area contributed by atoms with E-state index in [1.807, 2.05) is 0 Å². The summed E-state index contributed by atoms with van der Waals surface area (Å²) in [7, 11) is 0. The van der Waals surface area contributed by atoms with Crippen LogP contribution in [0.1, 0.15) is 25.3 Å². The predicted octanol–water partition coefficient (Wildman–Crippen LogP) is 3.47. The molecule has 1 unspecified atom stereocenters. The number of rotatable bonds is 3. The monoisotopic (exact) mass is 327 g/mol. The Morgan fingerprint density at radius 1 is 1.33 bits per heavy atom. The molecular formula is C15H15Cl2NO3. The van der Waals surface area contributed by atoms with Crippen molar-refractivity contribution in [3.8, 4) is 0 Å². The Balaban J connectivity index is 2.22. The topological polar surface area (TPSA) is 57.6 Å². The standard InChI is InChI=1S/C15H15Cl2NO3/c1-15(14(20)21)8-3-9-18(15)13(19)7-6-10-11(16)4-2-5-12(10)17/h2,4-7H,3,8-9H2,1H3,(H,20,21). The molecule has 1 atom stereocenters. The van der Waals surface area contributed by atoms with E-state index in [0.717, 1.165) is 0 Å². The molecule has 6 heteroatoms. The molecule has 0 spiro atoms. The van der Waals surface area contributed by atoms with Crippen LogP contribution in [0.2, 0.25) is 10.0 Å². The molecule has 1 heterocycles. The Morgan fingerprint density at radius 2 is 1.95 bits per heavy atom. The SMILES string of the molecule is CC1(C(=O)O)CCCN1C(=O)C=Cc1c(Cl)cccc1Cl. The van der Waals surface area contributed by atoms with Crippen molar-refractivity contribution in [3.05, 3.63) is 39.9 Å². The van der Waals surface area contributed by atoms with Crippen LogP contribution in [-0.2, 0) is 9.59 Å². The number of likely N-dealkylation sites (tertiary alicyclic amines) is 1. The number of hydrogen-bond donors (Lipinski definition) is 1. The van der Waals surface area contributed by atoms with Crippen molar-refractivity contribution in [1.29, 1.82) is 0 Å². The zero-order valence-corrected chi connectivity index (χ0v) is 13.0. The number of nitrogens with zero attached hydrogens (tertiary/aromatic N) is 1. The molecular weight excluding hydrogens is 313 g/mol. The summed E-state index contributed by atoms with van der Waals surface area (Å²) in [6.45, 7) is 2.00. The third-order valence-corrected chi connectivity index (χ3v) is 4.42. The maximum atomic E-state index is 12.3. The van der Waals surface area contributed by atoms with Crippen molar-refractivity contribution in [3.63, 3.8) is 0 Å². The third-order valence-electron chi connectivity index (χ3n) is 3.76. The second kappa shape index (κ2) is 6.08. The van der Waals surface area contributed by atoms with Crippen LogP contribution < -0.4 is 0 Å². The summed E-state index contributed by atoms with van der Waals surface area (Å²) in [6, 6.07) is 5.06. The van der Waals surface area contributed by atoms with Gasteiger partial charge in [-0.3, -0.25) is 4.79 Å². The molecule has 2 rings (SSSR count). The van der Waals surface area contributed by atoms with E-state index >= 15 is 0 Å². The molecule has 0 bridgehead atoms. The van der Waals surface area contributed by atoms with E-state index in [1.54, 1.807) is 25.1 Å². The van der Waals surface area contributed by atoms with Gasteiger partial charge in [0, 0.05) is 28.2 Å². The zero-order valence-electron chi connectivity index (χ0n) is 11.5. The summed E-state index contributed by atoms with van der Waals surface area (Å²) in [4.78, 5) is 25.0. The molecule has 21 heavy (non-hydrogen) atoms. The minimum Gasteiger partial charge on any atom is -0.480 e. The number of benzene rings is 1. The molecule has 0 aliphatic carbocycles. The fourth-order valence-electron chi connectivity index (χ4n) is 2.45. The fourth-order valence-corrected chi connectivity index (χ4v) is 2.98. The van der Waals surface area contributed by atoms with Crippen LogP contribution in [0.5, 0.6) is 0 Å². The molecule has 0 saturated carbocycles. The van der Waals surface area contributed by atoms with Crippen molar-refractivity contribution in [1.82, 2.24) is 4.90 Å². The first-order valence-electron chi connectivity index (χ1n) is 6.53. The lowest BCUT2D eigenvalue weighted by atomic mass is 9.99. The van der Waals surface area contributed by atoms with Crippen LogP contribution in [0.25, 0.3) is 6.08 Å². The van der Waals surface area contributed by atoms with Gasteiger partial charge in [0.15, 0.2) is 0 Å². The molecule has 0 aromatic heterocycles. The van der Waals surface area contributed by atoms with Crippen LogP contribution in [-0.4, -0.2) is 34.0 Å². The van der Waals surface area contributed by atoms with E-state index in [0.29, 0.717) is 35.0 Å². The quantitative estimate of drug-likeness (QED) is 0.865. The van der Waals surface area contributed by atoms with Crippen molar-refractivity contribution in [2.24, 2.45) is 0 Å². The van der Waals surface area contributed by atoms with Gasteiger partial charge in [-0.1, -0.05) is 29.3 Å². The lowest BCUT2D eigenvalue weighted by Crippen LogP contribution is -2.50. The number of carboxylic acids is 1. The maximum absolute atomic E-state index is 12.3. The first kappa shape index (κ1) is 15.9. The lowest BCUT2D eigenvalue weighted by Gasteiger charge is -2.30. The highest BCUT2D eigenvalue weighted by Gasteiger charge is 2.45. The largest absolute Gasteiger partial charge is 0.480 e. The van der Waals surface area contributed by atoms with Gasteiger partial charge in [0.2, 0.25) is 5.91 Å². The Kier molecular flexibility index (Phi) is 4.59. The number of amides is 1. The molecule has 112 valence electrons. The molecule has 1 aromatic rings. The normalized spacial score (nSPS) is 22.0. The number of halogens is 2. The number of aliphatic carboxylic acids is 1. The highest BCUT2D eigenvalue weighted by atomic mass is 35.5. The smallest absolute Gasteiger partial charge is 0.329 e. The first-order valence-corrected chi connectivity index (χ1v) is 7.29. The van der Waals surface area contributed by atoms with Crippen LogP contribution in [0, 0.1) is 0 Å². The molecule has 1 saturated heterocycles. The summed E-state index contributed by atoms with van der Waals surface area (Å²) in [5.74, 6) is -1.34.